The first-order chi connectivity index (χ1) is 9.35. The summed E-state index contributed by atoms with van der Waals surface area (Å²) in [5.41, 5.74) is 0.173. The Morgan fingerprint density at radius 1 is 1.50 bits per heavy atom. The summed E-state index contributed by atoms with van der Waals surface area (Å²) in [5.74, 6) is -1.23. The molecule has 0 aliphatic rings. The second-order valence-electron chi connectivity index (χ2n) is 3.84. The first-order valence-corrected chi connectivity index (χ1v) is 7.59. The fourth-order valence-electron chi connectivity index (χ4n) is 1.60. The Morgan fingerprint density at radius 3 is 2.75 bits per heavy atom. The summed E-state index contributed by atoms with van der Waals surface area (Å²) in [6, 6.07) is 4.53. The van der Waals surface area contributed by atoms with Crippen molar-refractivity contribution in [1.29, 1.82) is 5.26 Å². The van der Waals surface area contributed by atoms with E-state index in [1.54, 1.807) is 0 Å². The molecule has 2 aromatic rings. The molecule has 0 unspecified atom stereocenters. The van der Waals surface area contributed by atoms with Gasteiger partial charge in [0.2, 0.25) is 0 Å². The number of hydrogen-bond acceptors (Lipinski definition) is 5. The van der Waals surface area contributed by atoms with Crippen LogP contribution in [0.15, 0.2) is 22.5 Å². The molecule has 9 heteroatoms. The number of hydrogen-bond donors (Lipinski definition) is 3. The van der Waals surface area contributed by atoms with Crippen molar-refractivity contribution in [1.82, 2.24) is 4.98 Å². The third-order valence-corrected chi connectivity index (χ3v) is 5.34. The van der Waals surface area contributed by atoms with Crippen molar-refractivity contribution < 1.29 is 18.3 Å². The van der Waals surface area contributed by atoms with Gasteiger partial charge in [-0.15, -0.1) is 11.3 Å². The van der Waals surface area contributed by atoms with Crippen molar-refractivity contribution in [2.24, 2.45) is 0 Å². The molecule has 7 nitrogen and oxygen atoms in total. The number of aromatic amines is 1. The number of thiophene rings is 1. The zero-order valence-corrected chi connectivity index (χ0v) is 11.8. The first kappa shape index (κ1) is 14.1. The van der Waals surface area contributed by atoms with E-state index < -0.39 is 16.0 Å². The Morgan fingerprint density at radius 2 is 2.20 bits per heavy atom. The van der Waals surface area contributed by atoms with Crippen molar-refractivity contribution in [2.45, 2.75) is 11.1 Å². The number of carbonyl (C=O) groups is 1. The lowest BCUT2D eigenvalue weighted by atomic mass is 10.2. The van der Waals surface area contributed by atoms with Crippen LogP contribution in [-0.2, 0) is 10.0 Å². The van der Waals surface area contributed by atoms with Crippen LogP contribution < -0.4 is 4.72 Å². The molecule has 0 radical (unpaired) electrons. The van der Waals surface area contributed by atoms with Crippen LogP contribution in [0.5, 0.6) is 0 Å². The van der Waals surface area contributed by atoms with Crippen molar-refractivity contribution >= 4 is 33.0 Å². The number of nitriles is 1. The Hall–Kier alpha value is -2.31. The van der Waals surface area contributed by atoms with Gasteiger partial charge in [-0.3, -0.25) is 4.72 Å². The number of carboxylic acids is 1. The molecule has 104 valence electrons. The highest BCUT2D eigenvalue weighted by atomic mass is 32.2. The zero-order chi connectivity index (χ0) is 14.9. The molecular formula is C11H9N3O4S2. The van der Waals surface area contributed by atoms with Gasteiger partial charge in [-0.05, 0) is 19.1 Å². The molecule has 20 heavy (non-hydrogen) atoms. The zero-order valence-electron chi connectivity index (χ0n) is 10.2. The smallest absolute Gasteiger partial charge is 0.339 e. The predicted molar refractivity (Wildman–Crippen MR) is 72.3 cm³/mol. The number of aromatic nitrogens is 1. The highest BCUT2D eigenvalue weighted by Crippen LogP contribution is 2.26. The van der Waals surface area contributed by atoms with E-state index in [1.165, 1.54) is 25.3 Å². The largest absolute Gasteiger partial charge is 0.478 e. The normalized spacial score (nSPS) is 11.0. The third kappa shape index (κ3) is 2.52. The molecule has 2 aromatic heterocycles. The summed E-state index contributed by atoms with van der Waals surface area (Å²) in [5, 5.41) is 17.7. The minimum Gasteiger partial charge on any atom is -0.478 e. The van der Waals surface area contributed by atoms with E-state index >= 15 is 0 Å². The Balaban J connectivity index is 2.39. The van der Waals surface area contributed by atoms with Crippen LogP contribution >= 0.6 is 11.3 Å². The number of aryl methyl sites for hydroxylation is 1. The van der Waals surface area contributed by atoms with Crippen molar-refractivity contribution in [3.63, 3.8) is 0 Å². The Bertz CT molecular complexity index is 811. The standard InChI is InChI=1S/C11H9N3O4S2/c1-6-10(11(15)16)8(5-13-6)14-20(17,18)9-3-2-7(4-12)19-9/h2-3,5,13-14H,1H3,(H,15,16). The van der Waals surface area contributed by atoms with E-state index in [1.807, 2.05) is 6.07 Å². The van der Waals surface area contributed by atoms with Crippen molar-refractivity contribution in [3.05, 3.63) is 34.5 Å². The van der Waals surface area contributed by atoms with E-state index in [4.69, 9.17) is 10.4 Å². The van der Waals surface area contributed by atoms with Crippen molar-refractivity contribution in [3.8, 4) is 6.07 Å². The molecule has 0 atom stereocenters. The van der Waals surface area contributed by atoms with Crippen LogP contribution in [0.25, 0.3) is 0 Å². The van der Waals surface area contributed by atoms with E-state index in [2.05, 4.69) is 9.71 Å². The molecule has 2 rings (SSSR count). The fraction of sp³-hybridized carbons (Fsp3) is 0.0909. The van der Waals surface area contributed by atoms with E-state index in [9.17, 15) is 13.2 Å². The number of anilines is 1. The second kappa shape index (κ2) is 4.99. The molecule has 2 heterocycles. The lowest BCUT2D eigenvalue weighted by Gasteiger charge is -2.05. The second-order valence-corrected chi connectivity index (χ2v) is 6.84. The molecule has 3 N–H and O–H groups in total. The summed E-state index contributed by atoms with van der Waals surface area (Å²) in [7, 11) is -3.91. The van der Waals surface area contributed by atoms with Crippen LogP contribution in [0, 0.1) is 18.3 Å². The topological polar surface area (TPSA) is 123 Å². The molecule has 0 amide bonds. The van der Waals surface area contributed by atoms with Gasteiger partial charge in [-0.1, -0.05) is 0 Å². The molecule has 0 aliphatic carbocycles. The highest BCUT2D eigenvalue weighted by molar-refractivity contribution is 7.94. The maximum Gasteiger partial charge on any atom is 0.339 e. The number of sulfonamides is 1. The van der Waals surface area contributed by atoms with Crippen LogP contribution in [0.3, 0.4) is 0 Å². The molecular weight excluding hydrogens is 302 g/mol. The van der Waals surface area contributed by atoms with Gasteiger partial charge in [-0.25, -0.2) is 13.2 Å². The van der Waals surface area contributed by atoms with Gasteiger partial charge in [-0.2, -0.15) is 5.26 Å². The Labute approximate surface area is 118 Å². The van der Waals surface area contributed by atoms with Crippen LogP contribution in [0.4, 0.5) is 5.69 Å². The molecule has 0 saturated carbocycles. The molecule has 0 aromatic carbocycles. The van der Waals surface area contributed by atoms with Gasteiger partial charge in [0.15, 0.2) is 0 Å². The third-order valence-electron chi connectivity index (χ3n) is 2.49. The van der Waals surface area contributed by atoms with Gasteiger partial charge in [0.05, 0.1) is 5.69 Å². The first-order valence-electron chi connectivity index (χ1n) is 5.29. The maximum absolute atomic E-state index is 12.1. The summed E-state index contributed by atoms with van der Waals surface area (Å²) in [6.45, 7) is 1.53. The monoisotopic (exact) mass is 311 g/mol. The number of nitrogens with zero attached hydrogens (tertiary/aromatic N) is 1. The molecule has 0 aliphatic heterocycles. The molecule has 0 fully saturated rings. The maximum atomic E-state index is 12.1. The van der Waals surface area contributed by atoms with E-state index in [-0.39, 0.29) is 20.3 Å². The van der Waals surface area contributed by atoms with Crippen molar-refractivity contribution in [2.75, 3.05) is 4.72 Å². The number of H-pyrrole nitrogens is 1. The highest BCUT2D eigenvalue weighted by Gasteiger charge is 2.22. The minimum absolute atomic E-state index is 0.0399. The molecule has 0 saturated heterocycles. The Kier molecular flexibility index (Phi) is 3.52. The SMILES string of the molecule is Cc1[nH]cc(NS(=O)(=O)c2ccc(C#N)s2)c1C(=O)O. The van der Waals surface area contributed by atoms with Crippen LogP contribution in [0.2, 0.25) is 0 Å². The number of rotatable bonds is 4. The van der Waals surface area contributed by atoms with E-state index in [0.717, 1.165) is 11.3 Å². The van der Waals surface area contributed by atoms with Crippen LogP contribution in [-0.4, -0.2) is 24.5 Å². The van der Waals surface area contributed by atoms with Gasteiger partial charge in [0, 0.05) is 11.9 Å². The summed E-state index contributed by atoms with van der Waals surface area (Å²) in [4.78, 5) is 14.0. The number of aromatic carboxylic acids is 1. The molecule has 0 spiro atoms. The summed E-state index contributed by atoms with van der Waals surface area (Å²) in [6.07, 6.45) is 1.27. The molecule has 0 bridgehead atoms. The summed E-state index contributed by atoms with van der Waals surface area (Å²) < 4.78 is 26.3. The lowest BCUT2D eigenvalue weighted by molar-refractivity contribution is 0.0697. The van der Waals surface area contributed by atoms with Gasteiger partial charge >= 0.3 is 5.97 Å². The van der Waals surface area contributed by atoms with Gasteiger partial charge in [0.25, 0.3) is 10.0 Å². The van der Waals surface area contributed by atoms with Gasteiger partial charge < -0.3 is 10.1 Å². The summed E-state index contributed by atoms with van der Waals surface area (Å²) >= 11 is 0.811. The van der Waals surface area contributed by atoms with Crippen LogP contribution in [0.1, 0.15) is 20.9 Å². The predicted octanol–water partition coefficient (Wildman–Crippen LogP) is 1.76. The fourth-order valence-corrected chi connectivity index (χ4v) is 3.77. The average Bonchev–Trinajstić information content (AvgIpc) is 2.96. The number of nitrogens with one attached hydrogen (secondary N) is 2. The van der Waals surface area contributed by atoms with Gasteiger partial charge in [0.1, 0.15) is 20.7 Å². The number of carboxylic acid groups (broad SMARTS) is 1. The average molecular weight is 311 g/mol. The lowest BCUT2D eigenvalue weighted by Crippen LogP contribution is -2.13. The minimum atomic E-state index is -3.91. The van der Waals surface area contributed by atoms with E-state index in [0.29, 0.717) is 5.69 Å². The quantitative estimate of drug-likeness (QED) is 0.793.